The van der Waals surface area contributed by atoms with Crippen molar-refractivity contribution >= 4 is 11.6 Å². The summed E-state index contributed by atoms with van der Waals surface area (Å²) in [6.45, 7) is 1.68. The molecule has 1 aromatic carbocycles. The molecule has 1 saturated heterocycles. The molecule has 1 aromatic rings. The average molecular weight is 268 g/mol. The van der Waals surface area contributed by atoms with Gasteiger partial charge in [-0.3, -0.25) is 0 Å². The Morgan fingerprint density at radius 2 is 2.00 bits per heavy atom. The van der Waals surface area contributed by atoms with Crippen molar-refractivity contribution < 1.29 is 9.47 Å². The van der Waals surface area contributed by atoms with Gasteiger partial charge >= 0.3 is 0 Å². The molecule has 2 unspecified atom stereocenters. The second-order valence-corrected chi connectivity index (χ2v) is 5.57. The van der Waals surface area contributed by atoms with Crippen molar-refractivity contribution in [2.45, 2.75) is 31.4 Å². The minimum Gasteiger partial charge on any atom is -0.490 e. The first-order chi connectivity index (χ1) is 8.74. The molecule has 3 rings (SSSR count). The number of hydrogen-bond acceptors (Lipinski definition) is 3. The summed E-state index contributed by atoms with van der Waals surface area (Å²) in [5, 5.41) is 0.720. The van der Waals surface area contributed by atoms with Crippen molar-refractivity contribution in [3.63, 3.8) is 0 Å². The van der Waals surface area contributed by atoms with Crippen molar-refractivity contribution in [1.29, 1.82) is 0 Å². The van der Waals surface area contributed by atoms with E-state index in [4.69, 9.17) is 26.8 Å². The van der Waals surface area contributed by atoms with Crippen LogP contribution >= 0.6 is 11.6 Å². The molecule has 0 spiro atoms. The van der Waals surface area contributed by atoms with E-state index in [1.54, 1.807) is 0 Å². The monoisotopic (exact) mass is 267 g/mol. The van der Waals surface area contributed by atoms with Gasteiger partial charge in [-0.25, -0.2) is 0 Å². The molecule has 0 aromatic heterocycles. The molecule has 98 valence electrons. The van der Waals surface area contributed by atoms with E-state index in [9.17, 15) is 0 Å². The summed E-state index contributed by atoms with van der Waals surface area (Å²) in [4.78, 5) is 0. The number of benzene rings is 1. The molecule has 4 heteroatoms. The minimum absolute atomic E-state index is 0.0281. The molecule has 2 aliphatic rings. The maximum Gasteiger partial charge on any atom is 0.124 e. The van der Waals surface area contributed by atoms with Gasteiger partial charge < -0.3 is 15.2 Å². The summed E-state index contributed by atoms with van der Waals surface area (Å²) < 4.78 is 11.5. The van der Waals surface area contributed by atoms with Crippen LogP contribution in [0, 0.1) is 5.92 Å². The third-order valence-electron chi connectivity index (χ3n) is 3.93. The second-order valence-electron chi connectivity index (χ2n) is 5.13. The van der Waals surface area contributed by atoms with E-state index in [0.717, 1.165) is 48.8 Å². The van der Waals surface area contributed by atoms with Gasteiger partial charge in [0.15, 0.2) is 0 Å². The van der Waals surface area contributed by atoms with E-state index in [-0.39, 0.29) is 12.1 Å². The van der Waals surface area contributed by atoms with Crippen LogP contribution in [-0.2, 0) is 4.74 Å². The Labute approximate surface area is 112 Å². The summed E-state index contributed by atoms with van der Waals surface area (Å²) in [5.41, 5.74) is 7.28. The first-order valence-electron chi connectivity index (χ1n) is 6.53. The number of halogens is 1. The van der Waals surface area contributed by atoms with E-state index < -0.39 is 0 Å². The van der Waals surface area contributed by atoms with Gasteiger partial charge in [0.1, 0.15) is 11.9 Å². The Bertz CT molecular complexity index is 432. The molecule has 0 saturated carbocycles. The fourth-order valence-electron chi connectivity index (χ4n) is 2.88. The molecule has 0 radical (unpaired) electrons. The molecule has 2 atom stereocenters. The summed E-state index contributed by atoms with van der Waals surface area (Å²) in [6.07, 6.45) is 3.23. The maximum absolute atomic E-state index is 6.24. The third kappa shape index (κ3) is 2.35. The summed E-state index contributed by atoms with van der Waals surface area (Å²) >= 11 is 6.00. The molecule has 3 nitrogen and oxygen atoms in total. The number of rotatable bonds is 1. The van der Waals surface area contributed by atoms with Gasteiger partial charge in [-0.05, 0) is 31.0 Å². The molecule has 0 bridgehead atoms. The van der Waals surface area contributed by atoms with Crippen molar-refractivity contribution in [2.75, 3.05) is 13.2 Å². The Hall–Kier alpha value is -0.770. The van der Waals surface area contributed by atoms with Crippen LogP contribution in [0.2, 0.25) is 5.02 Å². The van der Waals surface area contributed by atoms with E-state index in [1.165, 1.54) is 0 Å². The minimum atomic E-state index is 0.0281. The molecule has 2 N–H and O–H groups in total. The normalized spacial score (nSPS) is 28.6. The van der Waals surface area contributed by atoms with Crippen LogP contribution in [0.4, 0.5) is 0 Å². The highest BCUT2D eigenvalue weighted by Gasteiger charge is 2.32. The SMILES string of the molecule is NC1CC(C2CCOCC2)Oc2ccc(Cl)cc21. The third-order valence-corrected chi connectivity index (χ3v) is 4.16. The highest BCUT2D eigenvalue weighted by molar-refractivity contribution is 6.30. The first kappa shape index (κ1) is 12.3. The summed E-state index contributed by atoms with van der Waals surface area (Å²) in [6, 6.07) is 5.74. The molecular weight excluding hydrogens is 250 g/mol. The fraction of sp³-hybridized carbons (Fsp3) is 0.571. The lowest BCUT2D eigenvalue weighted by Gasteiger charge is -2.36. The Balaban J connectivity index is 1.80. The average Bonchev–Trinajstić information content (AvgIpc) is 2.40. The van der Waals surface area contributed by atoms with Gasteiger partial charge in [0.25, 0.3) is 0 Å². The topological polar surface area (TPSA) is 44.5 Å². The largest absolute Gasteiger partial charge is 0.490 e. The molecule has 0 aliphatic carbocycles. The number of hydrogen-bond donors (Lipinski definition) is 1. The zero-order chi connectivity index (χ0) is 12.5. The van der Waals surface area contributed by atoms with Crippen LogP contribution in [-0.4, -0.2) is 19.3 Å². The predicted molar refractivity (Wildman–Crippen MR) is 71.0 cm³/mol. The van der Waals surface area contributed by atoms with Crippen LogP contribution in [0.3, 0.4) is 0 Å². The van der Waals surface area contributed by atoms with Crippen molar-refractivity contribution in [3.8, 4) is 5.75 Å². The van der Waals surface area contributed by atoms with E-state index in [1.807, 2.05) is 18.2 Å². The lowest BCUT2D eigenvalue weighted by atomic mass is 9.86. The van der Waals surface area contributed by atoms with Gasteiger partial charge in [-0.15, -0.1) is 0 Å². The first-order valence-corrected chi connectivity index (χ1v) is 6.91. The highest BCUT2D eigenvalue weighted by atomic mass is 35.5. The smallest absolute Gasteiger partial charge is 0.124 e. The summed E-state index contributed by atoms with van der Waals surface area (Å²) in [5.74, 6) is 1.46. The maximum atomic E-state index is 6.24. The molecule has 0 amide bonds. The zero-order valence-electron chi connectivity index (χ0n) is 10.3. The van der Waals surface area contributed by atoms with Gasteiger partial charge in [0.05, 0.1) is 0 Å². The molecule has 1 fully saturated rings. The van der Waals surface area contributed by atoms with E-state index in [2.05, 4.69) is 0 Å². The van der Waals surface area contributed by atoms with Gasteiger partial charge in [-0.2, -0.15) is 0 Å². The zero-order valence-corrected chi connectivity index (χ0v) is 11.0. The van der Waals surface area contributed by atoms with Crippen LogP contribution < -0.4 is 10.5 Å². The van der Waals surface area contributed by atoms with Gasteiger partial charge in [0.2, 0.25) is 0 Å². The Morgan fingerprint density at radius 1 is 1.22 bits per heavy atom. The van der Waals surface area contributed by atoms with E-state index in [0.29, 0.717) is 5.92 Å². The lowest BCUT2D eigenvalue weighted by molar-refractivity contribution is 0.00730. The summed E-state index contributed by atoms with van der Waals surface area (Å²) in [7, 11) is 0. The van der Waals surface area contributed by atoms with Gasteiger partial charge in [-0.1, -0.05) is 11.6 Å². The number of nitrogens with two attached hydrogens (primary N) is 1. The second kappa shape index (κ2) is 5.08. The standard InChI is InChI=1S/C14H18ClNO2/c15-10-1-2-13-11(7-10)12(16)8-14(18-13)9-3-5-17-6-4-9/h1-2,7,9,12,14H,3-6,8,16H2. The highest BCUT2D eigenvalue weighted by Crippen LogP contribution is 2.38. The van der Waals surface area contributed by atoms with E-state index >= 15 is 0 Å². The molecule has 2 heterocycles. The lowest BCUT2D eigenvalue weighted by Crippen LogP contribution is -2.37. The van der Waals surface area contributed by atoms with Gasteiger partial charge in [0, 0.05) is 42.2 Å². The Morgan fingerprint density at radius 3 is 2.78 bits per heavy atom. The van der Waals surface area contributed by atoms with Crippen LogP contribution in [0.15, 0.2) is 18.2 Å². The fourth-order valence-corrected chi connectivity index (χ4v) is 3.06. The van der Waals surface area contributed by atoms with Crippen molar-refractivity contribution in [2.24, 2.45) is 11.7 Å². The Kier molecular flexibility index (Phi) is 3.46. The van der Waals surface area contributed by atoms with Crippen molar-refractivity contribution in [3.05, 3.63) is 28.8 Å². The number of ether oxygens (including phenoxy) is 2. The molecule has 18 heavy (non-hydrogen) atoms. The predicted octanol–water partition coefficient (Wildman–Crippen LogP) is 2.92. The van der Waals surface area contributed by atoms with Crippen molar-refractivity contribution in [1.82, 2.24) is 0 Å². The van der Waals surface area contributed by atoms with Crippen LogP contribution in [0.25, 0.3) is 0 Å². The molecular formula is C14H18ClNO2. The number of fused-ring (bicyclic) bond motifs is 1. The molecule has 2 aliphatic heterocycles. The van der Waals surface area contributed by atoms with Crippen LogP contribution in [0.1, 0.15) is 30.9 Å². The van der Waals surface area contributed by atoms with Crippen LogP contribution in [0.5, 0.6) is 5.75 Å². The quantitative estimate of drug-likeness (QED) is 0.851.